The van der Waals surface area contributed by atoms with Gasteiger partial charge in [0.1, 0.15) is 0 Å². The molecule has 0 bridgehead atoms. The fourth-order valence-electron chi connectivity index (χ4n) is 1.77. The van der Waals surface area contributed by atoms with Gasteiger partial charge in [-0.15, -0.1) is 0 Å². The molecule has 1 aliphatic heterocycles. The third-order valence-electron chi connectivity index (χ3n) is 2.80. The van der Waals surface area contributed by atoms with E-state index in [-0.39, 0.29) is 17.0 Å². The summed E-state index contributed by atoms with van der Waals surface area (Å²) < 4.78 is 29.2. The molecule has 5 nitrogen and oxygen atoms in total. The molecule has 1 aromatic rings. The fraction of sp³-hybridized carbons (Fsp3) is 0.615. The number of pyridine rings is 1. The van der Waals surface area contributed by atoms with Crippen molar-refractivity contribution in [3.8, 4) is 0 Å². The van der Waals surface area contributed by atoms with Crippen molar-refractivity contribution in [1.82, 2.24) is 10.3 Å². The Bertz CT molecular complexity index is 562. The monoisotopic (exact) mass is 284 g/mol. The van der Waals surface area contributed by atoms with E-state index in [1.165, 1.54) is 6.07 Å². The van der Waals surface area contributed by atoms with Crippen molar-refractivity contribution in [3.63, 3.8) is 0 Å². The van der Waals surface area contributed by atoms with E-state index >= 15 is 0 Å². The van der Waals surface area contributed by atoms with Crippen LogP contribution in [-0.2, 0) is 27.3 Å². The van der Waals surface area contributed by atoms with Crippen LogP contribution >= 0.6 is 0 Å². The minimum Gasteiger partial charge on any atom is -0.312 e. The molecule has 1 aromatic heterocycles. The fourth-order valence-corrected chi connectivity index (χ4v) is 2.86. The molecule has 0 spiro atoms. The van der Waals surface area contributed by atoms with Crippen molar-refractivity contribution in [2.75, 3.05) is 13.2 Å². The topological polar surface area (TPSA) is 68.3 Å². The molecule has 0 saturated heterocycles. The lowest BCUT2D eigenvalue weighted by Gasteiger charge is -2.19. The molecule has 0 fully saturated rings. The largest absolute Gasteiger partial charge is 0.314 e. The molecule has 2 rings (SSSR count). The third-order valence-corrected chi connectivity index (χ3v) is 3.97. The Kier molecular flexibility index (Phi) is 3.94. The molecule has 2 heterocycles. The molecule has 19 heavy (non-hydrogen) atoms. The maximum Gasteiger partial charge on any atom is 0.314 e. The molecule has 1 aliphatic rings. The summed E-state index contributed by atoms with van der Waals surface area (Å²) in [6.45, 7) is 7.49. The normalized spacial score (nSPS) is 16.2. The van der Waals surface area contributed by atoms with Gasteiger partial charge in [-0.2, -0.15) is 8.42 Å². The maximum atomic E-state index is 12.1. The Balaban J connectivity index is 2.21. The van der Waals surface area contributed by atoms with Gasteiger partial charge in [0, 0.05) is 25.2 Å². The standard InChI is InChI=1S/C13H20N2O3S/c1-13(2,3)9-18-19(16,17)12-5-4-10-8-14-7-6-11(10)15-12/h4-5,14H,6-9H2,1-3H3. The Hall–Kier alpha value is -0.980. The van der Waals surface area contributed by atoms with E-state index in [0.29, 0.717) is 0 Å². The number of hydrogen-bond donors (Lipinski definition) is 1. The van der Waals surface area contributed by atoms with E-state index < -0.39 is 10.1 Å². The zero-order valence-corrected chi connectivity index (χ0v) is 12.4. The lowest BCUT2D eigenvalue weighted by Crippen LogP contribution is -2.25. The highest BCUT2D eigenvalue weighted by atomic mass is 32.2. The molecule has 0 aliphatic carbocycles. The zero-order valence-electron chi connectivity index (χ0n) is 11.6. The first-order chi connectivity index (χ1) is 8.78. The Morgan fingerprint density at radius 3 is 2.79 bits per heavy atom. The summed E-state index contributed by atoms with van der Waals surface area (Å²) in [6, 6.07) is 3.33. The van der Waals surface area contributed by atoms with Crippen LogP contribution in [0.3, 0.4) is 0 Å². The van der Waals surface area contributed by atoms with Crippen LogP contribution in [0.4, 0.5) is 0 Å². The summed E-state index contributed by atoms with van der Waals surface area (Å²) in [5.41, 5.74) is 1.70. The molecule has 0 radical (unpaired) electrons. The summed E-state index contributed by atoms with van der Waals surface area (Å²) in [4.78, 5) is 4.23. The zero-order chi connectivity index (χ0) is 14.1. The minimum absolute atomic E-state index is 0.0115. The Morgan fingerprint density at radius 1 is 1.37 bits per heavy atom. The molecular formula is C13H20N2O3S. The quantitative estimate of drug-likeness (QED) is 0.851. The number of nitrogens with zero attached hydrogens (tertiary/aromatic N) is 1. The van der Waals surface area contributed by atoms with E-state index in [9.17, 15) is 8.42 Å². The van der Waals surface area contributed by atoms with Gasteiger partial charge in [-0.1, -0.05) is 26.8 Å². The second-order valence-electron chi connectivity index (χ2n) is 5.96. The van der Waals surface area contributed by atoms with Crippen LogP contribution < -0.4 is 5.32 Å². The van der Waals surface area contributed by atoms with Crippen molar-refractivity contribution < 1.29 is 12.6 Å². The van der Waals surface area contributed by atoms with Gasteiger partial charge in [0.15, 0.2) is 5.03 Å². The maximum absolute atomic E-state index is 12.1. The van der Waals surface area contributed by atoms with E-state index in [2.05, 4.69) is 10.3 Å². The lowest BCUT2D eigenvalue weighted by molar-refractivity contribution is 0.203. The highest BCUT2D eigenvalue weighted by Gasteiger charge is 2.23. The molecule has 1 N–H and O–H groups in total. The molecule has 0 aromatic carbocycles. The first-order valence-electron chi connectivity index (χ1n) is 6.37. The number of fused-ring (bicyclic) bond motifs is 1. The third kappa shape index (κ3) is 3.75. The van der Waals surface area contributed by atoms with Crippen molar-refractivity contribution in [1.29, 1.82) is 0 Å². The van der Waals surface area contributed by atoms with Crippen molar-refractivity contribution >= 4 is 10.1 Å². The Morgan fingerprint density at radius 2 is 2.11 bits per heavy atom. The summed E-state index contributed by atoms with van der Waals surface area (Å²) >= 11 is 0. The van der Waals surface area contributed by atoms with Gasteiger partial charge in [-0.3, -0.25) is 4.18 Å². The number of hydrogen-bond acceptors (Lipinski definition) is 5. The predicted octanol–water partition coefficient (Wildman–Crippen LogP) is 1.48. The van der Waals surface area contributed by atoms with Crippen molar-refractivity contribution in [2.45, 2.75) is 38.8 Å². The SMILES string of the molecule is CC(C)(C)COS(=O)(=O)c1ccc2c(n1)CCNC2. The van der Waals surface area contributed by atoms with Crippen LogP contribution in [-0.4, -0.2) is 26.6 Å². The average Bonchev–Trinajstić information content (AvgIpc) is 2.35. The van der Waals surface area contributed by atoms with E-state index in [0.717, 1.165) is 30.8 Å². The molecule has 0 saturated carbocycles. The lowest BCUT2D eigenvalue weighted by atomic mass is 9.99. The number of aromatic nitrogens is 1. The van der Waals surface area contributed by atoms with Gasteiger partial charge >= 0.3 is 10.1 Å². The Labute approximate surface area is 114 Å². The van der Waals surface area contributed by atoms with Crippen molar-refractivity contribution in [3.05, 3.63) is 23.4 Å². The van der Waals surface area contributed by atoms with Crippen LogP contribution in [0.1, 0.15) is 32.0 Å². The number of rotatable bonds is 3. The van der Waals surface area contributed by atoms with Crippen LogP contribution in [0.5, 0.6) is 0 Å². The van der Waals surface area contributed by atoms with E-state index in [1.807, 2.05) is 26.8 Å². The summed E-state index contributed by atoms with van der Waals surface area (Å²) in [5, 5.41) is 3.23. The van der Waals surface area contributed by atoms with Gasteiger partial charge in [0.25, 0.3) is 0 Å². The predicted molar refractivity (Wildman–Crippen MR) is 72.2 cm³/mol. The first-order valence-corrected chi connectivity index (χ1v) is 7.78. The van der Waals surface area contributed by atoms with Crippen LogP contribution in [0.15, 0.2) is 17.2 Å². The second kappa shape index (κ2) is 5.19. The molecule has 0 atom stereocenters. The van der Waals surface area contributed by atoms with E-state index in [1.54, 1.807) is 0 Å². The minimum atomic E-state index is -3.76. The summed E-state index contributed by atoms with van der Waals surface area (Å²) in [5.74, 6) is 0. The molecule has 106 valence electrons. The number of nitrogens with one attached hydrogen (secondary N) is 1. The molecule has 0 amide bonds. The molecule has 6 heteroatoms. The van der Waals surface area contributed by atoms with Crippen LogP contribution in [0.2, 0.25) is 0 Å². The van der Waals surface area contributed by atoms with Gasteiger partial charge in [-0.05, 0) is 17.0 Å². The first kappa shape index (κ1) is 14.4. The van der Waals surface area contributed by atoms with E-state index in [4.69, 9.17) is 4.18 Å². The van der Waals surface area contributed by atoms with Gasteiger partial charge in [0.2, 0.25) is 0 Å². The molecule has 0 unspecified atom stereocenters. The highest BCUT2D eigenvalue weighted by molar-refractivity contribution is 7.86. The highest BCUT2D eigenvalue weighted by Crippen LogP contribution is 2.20. The van der Waals surface area contributed by atoms with Gasteiger partial charge < -0.3 is 5.32 Å². The summed E-state index contributed by atoms with van der Waals surface area (Å²) in [7, 11) is -3.76. The molecular weight excluding hydrogens is 264 g/mol. The average molecular weight is 284 g/mol. The van der Waals surface area contributed by atoms with Crippen LogP contribution in [0.25, 0.3) is 0 Å². The van der Waals surface area contributed by atoms with Gasteiger partial charge in [0.05, 0.1) is 6.61 Å². The second-order valence-corrected chi connectivity index (χ2v) is 7.52. The van der Waals surface area contributed by atoms with Crippen molar-refractivity contribution in [2.24, 2.45) is 5.41 Å². The smallest absolute Gasteiger partial charge is 0.312 e. The summed E-state index contributed by atoms with van der Waals surface area (Å²) in [6.07, 6.45) is 0.748. The van der Waals surface area contributed by atoms with Crippen LogP contribution in [0, 0.1) is 5.41 Å². The van der Waals surface area contributed by atoms with Gasteiger partial charge in [-0.25, -0.2) is 4.98 Å².